The van der Waals surface area contributed by atoms with E-state index in [-0.39, 0.29) is 5.91 Å². The number of nitrogens with zero attached hydrogens (tertiary/aromatic N) is 3. The number of aryl methyl sites for hydroxylation is 1. The topological polar surface area (TPSA) is 79.8 Å². The average molecular weight is 298 g/mol. The number of amides is 1. The highest BCUT2D eigenvalue weighted by atomic mass is 35.5. The lowest BCUT2D eigenvalue weighted by atomic mass is 10.2. The van der Waals surface area contributed by atoms with Gasteiger partial charge in [0.1, 0.15) is 10.8 Å². The van der Waals surface area contributed by atoms with E-state index in [9.17, 15) is 4.79 Å². The van der Waals surface area contributed by atoms with Gasteiger partial charge in [-0.1, -0.05) is 22.9 Å². The predicted octanol–water partition coefficient (Wildman–Crippen LogP) is 2.58. The van der Waals surface area contributed by atoms with E-state index in [1.807, 2.05) is 13.8 Å². The van der Waals surface area contributed by atoms with Crippen LogP contribution in [0.3, 0.4) is 0 Å². The molecule has 2 rings (SSSR count). The summed E-state index contributed by atoms with van der Waals surface area (Å²) in [6, 6.07) is 1.61. The average Bonchev–Trinajstić information content (AvgIpc) is 2.77. The Morgan fingerprint density at radius 2 is 2.26 bits per heavy atom. The summed E-state index contributed by atoms with van der Waals surface area (Å²) in [5, 5.41) is 14.9. The minimum absolute atomic E-state index is 0.292. The number of carbonyl (C=O) groups is 1. The first-order valence-electron chi connectivity index (χ1n) is 5.61. The molecule has 0 aliphatic rings. The van der Waals surface area contributed by atoms with Crippen LogP contribution < -0.4 is 10.6 Å². The highest BCUT2D eigenvalue weighted by Crippen LogP contribution is 2.21. The fourth-order valence-corrected chi connectivity index (χ4v) is 2.18. The van der Waals surface area contributed by atoms with Crippen molar-refractivity contribution in [1.82, 2.24) is 15.2 Å². The van der Waals surface area contributed by atoms with Gasteiger partial charge in [0.2, 0.25) is 5.13 Å². The first-order chi connectivity index (χ1) is 9.10. The van der Waals surface area contributed by atoms with Gasteiger partial charge in [-0.2, -0.15) is 0 Å². The summed E-state index contributed by atoms with van der Waals surface area (Å²) in [5.74, 6) is 0.271. The summed E-state index contributed by atoms with van der Waals surface area (Å²) >= 11 is 7.28. The molecule has 2 aromatic heterocycles. The fraction of sp³-hybridized carbons (Fsp3) is 0.273. The van der Waals surface area contributed by atoms with Gasteiger partial charge < -0.3 is 5.32 Å². The Morgan fingerprint density at radius 1 is 1.47 bits per heavy atom. The second kappa shape index (κ2) is 5.94. The normalized spacial score (nSPS) is 10.3. The van der Waals surface area contributed by atoms with Gasteiger partial charge >= 0.3 is 0 Å². The highest BCUT2D eigenvalue weighted by molar-refractivity contribution is 7.15. The Kier molecular flexibility index (Phi) is 4.28. The number of hydrogen-bond donors (Lipinski definition) is 2. The molecule has 1 amide bonds. The van der Waals surface area contributed by atoms with E-state index >= 15 is 0 Å². The van der Waals surface area contributed by atoms with Crippen LogP contribution in [0.2, 0.25) is 5.02 Å². The van der Waals surface area contributed by atoms with Crippen molar-refractivity contribution in [3.8, 4) is 0 Å². The van der Waals surface area contributed by atoms with Gasteiger partial charge in [0.25, 0.3) is 5.91 Å². The first kappa shape index (κ1) is 13.7. The molecule has 0 saturated heterocycles. The SMILES string of the molecule is CCNc1cc(C(=O)Nc2nnc(C)s2)c(Cl)cn1. The van der Waals surface area contributed by atoms with Crippen molar-refractivity contribution in [3.05, 3.63) is 27.9 Å². The lowest BCUT2D eigenvalue weighted by Crippen LogP contribution is -2.13. The monoisotopic (exact) mass is 297 g/mol. The van der Waals surface area contributed by atoms with Crippen molar-refractivity contribution < 1.29 is 4.79 Å². The van der Waals surface area contributed by atoms with Crippen LogP contribution in [0.1, 0.15) is 22.3 Å². The summed E-state index contributed by atoms with van der Waals surface area (Å²) < 4.78 is 0. The van der Waals surface area contributed by atoms with Crippen molar-refractivity contribution >= 4 is 39.8 Å². The molecule has 2 heterocycles. The molecule has 0 spiro atoms. The van der Waals surface area contributed by atoms with Crippen molar-refractivity contribution in [1.29, 1.82) is 0 Å². The molecule has 2 N–H and O–H groups in total. The predicted molar refractivity (Wildman–Crippen MR) is 76.0 cm³/mol. The zero-order valence-electron chi connectivity index (χ0n) is 10.4. The number of nitrogens with one attached hydrogen (secondary N) is 2. The van der Waals surface area contributed by atoms with E-state index < -0.39 is 0 Å². The Bertz CT molecular complexity index is 601. The molecule has 0 aromatic carbocycles. The fourth-order valence-electron chi connectivity index (χ4n) is 1.40. The van der Waals surface area contributed by atoms with Gasteiger partial charge in [-0.15, -0.1) is 10.2 Å². The Labute approximate surface area is 119 Å². The summed E-state index contributed by atoms with van der Waals surface area (Å²) in [6.07, 6.45) is 1.44. The summed E-state index contributed by atoms with van der Waals surface area (Å²) in [5.41, 5.74) is 0.348. The van der Waals surface area contributed by atoms with Gasteiger partial charge in [-0.3, -0.25) is 10.1 Å². The van der Waals surface area contributed by atoms with E-state index in [4.69, 9.17) is 11.6 Å². The van der Waals surface area contributed by atoms with Gasteiger partial charge in [-0.05, 0) is 19.9 Å². The standard InChI is InChI=1S/C11H12ClN5OS/c1-3-13-9-4-7(8(12)5-14-9)10(18)15-11-17-16-6(2)19-11/h4-5H,3H2,1-2H3,(H,13,14)(H,15,17,18). The molecule has 19 heavy (non-hydrogen) atoms. The second-order valence-corrected chi connectivity index (χ2v) is 5.25. The molecule has 0 aliphatic carbocycles. The molecule has 100 valence electrons. The molecular formula is C11H12ClN5OS. The number of halogens is 1. The molecule has 6 nitrogen and oxygen atoms in total. The third-order valence-electron chi connectivity index (χ3n) is 2.20. The van der Waals surface area contributed by atoms with Crippen LogP contribution in [0.25, 0.3) is 0 Å². The largest absolute Gasteiger partial charge is 0.370 e. The highest BCUT2D eigenvalue weighted by Gasteiger charge is 2.14. The summed E-state index contributed by atoms with van der Waals surface area (Å²) in [6.45, 7) is 4.47. The first-order valence-corrected chi connectivity index (χ1v) is 6.80. The molecule has 0 bridgehead atoms. The molecule has 0 aliphatic heterocycles. The van der Waals surface area contributed by atoms with E-state index in [1.54, 1.807) is 6.07 Å². The molecule has 0 saturated carbocycles. The molecule has 0 radical (unpaired) electrons. The molecule has 2 aromatic rings. The zero-order chi connectivity index (χ0) is 13.8. The Balaban J connectivity index is 2.20. The molecule has 0 atom stereocenters. The van der Waals surface area contributed by atoms with E-state index in [0.29, 0.717) is 28.1 Å². The van der Waals surface area contributed by atoms with E-state index in [2.05, 4.69) is 25.8 Å². The second-order valence-electron chi connectivity index (χ2n) is 3.66. The Morgan fingerprint density at radius 3 is 2.89 bits per heavy atom. The van der Waals surface area contributed by atoms with E-state index in [0.717, 1.165) is 5.01 Å². The van der Waals surface area contributed by atoms with Gasteiger partial charge in [0.15, 0.2) is 0 Å². The smallest absolute Gasteiger partial charge is 0.259 e. The quantitative estimate of drug-likeness (QED) is 0.906. The van der Waals surface area contributed by atoms with Crippen molar-refractivity contribution in [3.63, 3.8) is 0 Å². The van der Waals surface area contributed by atoms with Gasteiger partial charge in [0, 0.05) is 12.7 Å². The summed E-state index contributed by atoms with van der Waals surface area (Å²) in [4.78, 5) is 16.2. The maximum absolute atomic E-state index is 12.1. The van der Waals surface area contributed by atoms with Crippen LogP contribution in [-0.4, -0.2) is 27.6 Å². The maximum atomic E-state index is 12.1. The number of hydrogen-bond acceptors (Lipinski definition) is 6. The molecule has 0 unspecified atom stereocenters. The number of rotatable bonds is 4. The molecule has 8 heteroatoms. The van der Waals surface area contributed by atoms with Crippen LogP contribution in [0, 0.1) is 6.92 Å². The lowest BCUT2D eigenvalue weighted by molar-refractivity contribution is 0.102. The van der Waals surface area contributed by atoms with Crippen molar-refractivity contribution in [2.75, 3.05) is 17.2 Å². The van der Waals surface area contributed by atoms with Crippen LogP contribution >= 0.6 is 22.9 Å². The minimum atomic E-state index is -0.331. The van der Waals surface area contributed by atoms with Crippen molar-refractivity contribution in [2.45, 2.75) is 13.8 Å². The van der Waals surface area contributed by atoms with Crippen LogP contribution in [0.4, 0.5) is 10.9 Å². The third-order valence-corrected chi connectivity index (χ3v) is 3.26. The maximum Gasteiger partial charge on any atom is 0.259 e. The van der Waals surface area contributed by atoms with Crippen LogP contribution in [-0.2, 0) is 0 Å². The number of aromatic nitrogens is 3. The van der Waals surface area contributed by atoms with Crippen LogP contribution in [0.5, 0.6) is 0 Å². The number of pyridine rings is 1. The van der Waals surface area contributed by atoms with Gasteiger partial charge in [-0.25, -0.2) is 4.98 Å². The van der Waals surface area contributed by atoms with Gasteiger partial charge in [0.05, 0.1) is 10.6 Å². The molecular weight excluding hydrogens is 286 g/mol. The summed E-state index contributed by atoms with van der Waals surface area (Å²) in [7, 11) is 0. The molecule has 0 fully saturated rings. The minimum Gasteiger partial charge on any atom is -0.370 e. The number of anilines is 2. The van der Waals surface area contributed by atoms with Crippen LogP contribution in [0.15, 0.2) is 12.3 Å². The lowest BCUT2D eigenvalue weighted by Gasteiger charge is -2.07. The zero-order valence-corrected chi connectivity index (χ0v) is 12.0. The Hall–Kier alpha value is -1.73. The van der Waals surface area contributed by atoms with Crippen molar-refractivity contribution in [2.24, 2.45) is 0 Å². The number of carbonyl (C=O) groups excluding carboxylic acids is 1. The van der Waals surface area contributed by atoms with E-state index in [1.165, 1.54) is 17.5 Å². The third kappa shape index (κ3) is 3.39.